The molecule has 4 rings (SSSR count). The van der Waals surface area contributed by atoms with Gasteiger partial charge in [-0.05, 0) is 62.5 Å². The normalized spacial score (nSPS) is 15.7. The Labute approximate surface area is 218 Å². The SMILES string of the molecule is CC(C)CC(=O)N1CCCN(C)CCN(C(=O)CCCc2nc3ccccc3s2)Cc2ccccc21. The van der Waals surface area contributed by atoms with Crippen LogP contribution in [0.25, 0.3) is 10.2 Å². The van der Waals surface area contributed by atoms with Gasteiger partial charge in [0.1, 0.15) is 0 Å². The molecule has 0 saturated carbocycles. The number of aromatic nitrogens is 1. The third-order valence-electron chi connectivity index (χ3n) is 6.67. The van der Waals surface area contributed by atoms with Gasteiger partial charge in [0.05, 0.1) is 15.2 Å². The van der Waals surface area contributed by atoms with Gasteiger partial charge in [-0.2, -0.15) is 0 Å². The molecule has 0 atom stereocenters. The zero-order valence-corrected chi connectivity index (χ0v) is 22.6. The van der Waals surface area contributed by atoms with Crippen LogP contribution >= 0.6 is 11.3 Å². The summed E-state index contributed by atoms with van der Waals surface area (Å²) in [6.45, 7) is 7.79. The van der Waals surface area contributed by atoms with Gasteiger partial charge in [0.2, 0.25) is 11.8 Å². The van der Waals surface area contributed by atoms with E-state index in [2.05, 4.69) is 37.9 Å². The molecule has 0 spiro atoms. The number of likely N-dealkylation sites (N-methyl/N-ethyl adjacent to an activating group) is 1. The first-order chi connectivity index (χ1) is 17.4. The zero-order valence-electron chi connectivity index (χ0n) is 21.8. The van der Waals surface area contributed by atoms with Crippen LogP contribution < -0.4 is 4.90 Å². The lowest BCUT2D eigenvalue weighted by Crippen LogP contribution is -2.37. The molecule has 0 aliphatic carbocycles. The van der Waals surface area contributed by atoms with Crippen molar-refractivity contribution in [2.24, 2.45) is 5.92 Å². The van der Waals surface area contributed by atoms with E-state index in [-0.39, 0.29) is 11.8 Å². The van der Waals surface area contributed by atoms with Crippen LogP contribution in [0, 0.1) is 5.92 Å². The summed E-state index contributed by atoms with van der Waals surface area (Å²) in [6.07, 6.45) is 3.53. The van der Waals surface area contributed by atoms with E-state index in [0.717, 1.165) is 54.1 Å². The summed E-state index contributed by atoms with van der Waals surface area (Å²) >= 11 is 1.72. The molecule has 1 aliphatic rings. The molecule has 0 fully saturated rings. The van der Waals surface area contributed by atoms with E-state index < -0.39 is 0 Å². The van der Waals surface area contributed by atoms with E-state index in [1.54, 1.807) is 11.3 Å². The maximum atomic E-state index is 13.4. The molecule has 1 aromatic heterocycles. The van der Waals surface area contributed by atoms with Crippen LogP contribution in [0.2, 0.25) is 0 Å². The number of benzene rings is 2. The molecule has 192 valence electrons. The lowest BCUT2D eigenvalue weighted by atomic mass is 10.1. The Morgan fingerprint density at radius 3 is 2.56 bits per heavy atom. The van der Waals surface area contributed by atoms with Gasteiger partial charge in [0, 0.05) is 44.7 Å². The number of thiazole rings is 1. The minimum Gasteiger partial charge on any atom is -0.337 e. The Hall–Kier alpha value is -2.77. The topological polar surface area (TPSA) is 56.8 Å². The lowest BCUT2D eigenvalue weighted by Gasteiger charge is -2.28. The molecule has 0 radical (unpaired) electrons. The minimum atomic E-state index is 0.160. The van der Waals surface area contributed by atoms with Crippen molar-refractivity contribution in [2.45, 2.75) is 52.5 Å². The van der Waals surface area contributed by atoms with Crippen LogP contribution in [0.4, 0.5) is 5.69 Å². The van der Waals surface area contributed by atoms with Crippen molar-refractivity contribution in [3.05, 3.63) is 59.1 Å². The summed E-state index contributed by atoms with van der Waals surface area (Å²) in [5.74, 6) is 0.630. The number of carbonyl (C=O) groups is 2. The number of para-hydroxylation sites is 2. The Balaban J connectivity index is 1.48. The Bertz CT molecular complexity index is 1140. The maximum Gasteiger partial charge on any atom is 0.227 e. The largest absolute Gasteiger partial charge is 0.337 e. The Morgan fingerprint density at radius 1 is 0.972 bits per heavy atom. The van der Waals surface area contributed by atoms with E-state index in [1.165, 1.54) is 4.70 Å². The molecule has 7 heteroatoms. The number of amides is 2. The molecule has 0 saturated heterocycles. The average Bonchev–Trinajstić information content (AvgIpc) is 3.25. The van der Waals surface area contributed by atoms with Crippen molar-refractivity contribution >= 4 is 39.1 Å². The number of anilines is 1. The molecule has 0 N–H and O–H groups in total. The predicted molar refractivity (Wildman–Crippen MR) is 148 cm³/mol. The third-order valence-corrected chi connectivity index (χ3v) is 7.77. The van der Waals surface area contributed by atoms with E-state index in [1.807, 2.05) is 46.2 Å². The number of hydrogen-bond donors (Lipinski definition) is 0. The minimum absolute atomic E-state index is 0.160. The third kappa shape index (κ3) is 6.92. The molecular formula is C29H38N4O2S. The quantitative estimate of drug-likeness (QED) is 0.452. The summed E-state index contributed by atoms with van der Waals surface area (Å²) in [4.78, 5) is 37.5. The van der Waals surface area contributed by atoms with Gasteiger partial charge in [-0.15, -0.1) is 11.3 Å². The zero-order chi connectivity index (χ0) is 25.5. The highest BCUT2D eigenvalue weighted by atomic mass is 32.1. The summed E-state index contributed by atoms with van der Waals surface area (Å²) in [5.41, 5.74) is 3.02. The molecule has 2 heterocycles. The predicted octanol–water partition coefficient (Wildman–Crippen LogP) is 5.36. The van der Waals surface area contributed by atoms with Gasteiger partial charge in [-0.25, -0.2) is 4.98 Å². The summed E-state index contributed by atoms with van der Waals surface area (Å²) in [7, 11) is 2.10. The highest BCUT2D eigenvalue weighted by Gasteiger charge is 2.23. The maximum absolute atomic E-state index is 13.4. The van der Waals surface area contributed by atoms with Crippen LogP contribution in [0.3, 0.4) is 0 Å². The Kier molecular flexibility index (Phi) is 9.10. The fourth-order valence-electron chi connectivity index (χ4n) is 4.72. The molecule has 2 amide bonds. The molecule has 2 aromatic carbocycles. The fraction of sp³-hybridized carbons (Fsp3) is 0.483. The van der Waals surface area contributed by atoms with Crippen LogP contribution in [-0.2, 0) is 22.6 Å². The Morgan fingerprint density at radius 2 is 1.75 bits per heavy atom. The smallest absolute Gasteiger partial charge is 0.227 e. The van der Waals surface area contributed by atoms with Crippen molar-refractivity contribution in [3.8, 4) is 0 Å². The van der Waals surface area contributed by atoms with E-state index >= 15 is 0 Å². The molecule has 3 aromatic rings. The molecule has 36 heavy (non-hydrogen) atoms. The summed E-state index contributed by atoms with van der Waals surface area (Å²) in [6, 6.07) is 16.3. The van der Waals surface area contributed by atoms with Gasteiger partial charge in [-0.3, -0.25) is 9.59 Å². The lowest BCUT2D eigenvalue weighted by molar-refractivity contribution is -0.132. The number of carbonyl (C=O) groups excluding carboxylic acids is 2. The van der Waals surface area contributed by atoms with Crippen LogP contribution in [0.5, 0.6) is 0 Å². The molecular weight excluding hydrogens is 468 g/mol. The van der Waals surface area contributed by atoms with Crippen molar-refractivity contribution < 1.29 is 9.59 Å². The van der Waals surface area contributed by atoms with E-state index in [0.29, 0.717) is 38.4 Å². The van der Waals surface area contributed by atoms with E-state index in [4.69, 9.17) is 4.98 Å². The van der Waals surface area contributed by atoms with Gasteiger partial charge in [-0.1, -0.05) is 44.2 Å². The first kappa shape index (κ1) is 26.3. The van der Waals surface area contributed by atoms with Crippen molar-refractivity contribution in [2.75, 3.05) is 38.1 Å². The van der Waals surface area contributed by atoms with Gasteiger partial charge in [0.15, 0.2) is 0 Å². The van der Waals surface area contributed by atoms with E-state index in [9.17, 15) is 9.59 Å². The van der Waals surface area contributed by atoms with Gasteiger partial charge >= 0.3 is 0 Å². The number of fused-ring (bicyclic) bond motifs is 2. The van der Waals surface area contributed by atoms with Gasteiger partial charge in [0.25, 0.3) is 0 Å². The highest BCUT2D eigenvalue weighted by molar-refractivity contribution is 7.18. The molecule has 0 bridgehead atoms. The van der Waals surface area contributed by atoms with Crippen LogP contribution in [-0.4, -0.2) is 59.8 Å². The summed E-state index contributed by atoms with van der Waals surface area (Å²) in [5, 5.41) is 1.09. The first-order valence-electron chi connectivity index (χ1n) is 13.1. The highest BCUT2D eigenvalue weighted by Crippen LogP contribution is 2.26. The number of nitrogens with zero attached hydrogens (tertiary/aromatic N) is 4. The number of aryl methyl sites for hydroxylation is 1. The molecule has 0 unspecified atom stereocenters. The van der Waals surface area contributed by atoms with Crippen molar-refractivity contribution in [3.63, 3.8) is 0 Å². The standard InChI is InChI=1S/C29H38N4O2S/c1-22(2)20-29(35)33-17-9-16-31(3)18-19-32(21-23-10-4-6-12-25(23)33)28(34)15-8-14-27-30-24-11-5-7-13-26(24)36-27/h4-7,10-13,22H,8-9,14-21H2,1-3H3. The second-order valence-corrected chi connectivity index (χ2v) is 11.3. The second-order valence-electron chi connectivity index (χ2n) is 10.2. The van der Waals surface area contributed by atoms with Gasteiger partial charge < -0.3 is 14.7 Å². The first-order valence-corrected chi connectivity index (χ1v) is 13.9. The number of rotatable bonds is 6. The van der Waals surface area contributed by atoms with Crippen molar-refractivity contribution in [1.29, 1.82) is 0 Å². The van der Waals surface area contributed by atoms with Crippen molar-refractivity contribution in [1.82, 2.24) is 14.8 Å². The molecule has 6 nitrogen and oxygen atoms in total. The average molecular weight is 507 g/mol. The monoisotopic (exact) mass is 506 g/mol. The van der Waals surface area contributed by atoms with Crippen LogP contribution in [0.15, 0.2) is 48.5 Å². The summed E-state index contributed by atoms with van der Waals surface area (Å²) < 4.78 is 1.20. The fourth-order valence-corrected chi connectivity index (χ4v) is 5.73. The molecule has 1 aliphatic heterocycles. The second kappa shape index (κ2) is 12.5. The number of hydrogen-bond acceptors (Lipinski definition) is 5. The van der Waals surface area contributed by atoms with Crippen LogP contribution in [0.1, 0.15) is 50.1 Å².